The van der Waals surface area contributed by atoms with E-state index >= 15 is 0 Å². The molecule has 1 N–H and O–H groups in total. The van der Waals surface area contributed by atoms with Crippen LogP contribution in [0.1, 0.15) is 39.5 Å². The van der Waals surface area contributed by atoms with Crippen LogP contribution >= 0.6 is 12.2 Å². The fourth-order valence-electron chi connectivity index (χ4n) is 4.37. The van der Waals surface area contributed by atoms with Gasteiger partial charge in [-0.1, -0.05) is 30.3 Å². The van der Waals surface area contributed by atoms with Crippen LogP contribution in [0.25, 0.3) is 11.3 Å². The average Bonchev–Trinajstić information content (AvgIpc) is 3.54. The van der Waals surface area contributed by atoms with E-state index in [4.69, 9.17) is 26.1 Å². The summed E-state index contributed by atoms with van der Waals surface area (Å²) in [5.41, 5.74) is 3.32. The molecule has 1 fully saturated rings. The number of esters is 1. The normalized spacial score (nSPS) is 17.1. The van der Waals surface area contributed by atoms with Gasteiger partial charge in [0.25, 0.3) is 0 Å². The van der Waals surface area contributed by atoms with E-state index in [1.807, 2.05) is 66.7 Å². The van der Waals surface area contributed by atoms with Crippen molar-refractivity contribution in [3.05, 3.63) is 108 Å². The summed E-state index contributed by atoms with van der Waals surface area (Å²) in [7, 11) is 3.02. The van der Waals surface area contributed by atoms with Crippen LogP contribution in [0, 0.1) is 0 Å². The van der Waals surface area contributed by atoms with Crippen molar-refractivity contribution in [3.8, 4) is 17.1 Å². The molecule has 1 saturated heterocycles. The maximum atomic E-state index is 11.8. The highest BCUT2D eigenvalue weighted by atomic mass is 32.1. The number of rotatable bonds is 7. The van der Waals surface area contributed by atoms with E-state index in [9.17, 15) is 4.79 Å². The maximum Gasteiger partial charge on any atom is 0.337 e. The topological polar surface area (TPSA) is 76.8 Å². The van der Waals surface area contributed by atoms with Crippen molar-refractivity contribution < 1.29 is 18.7 Å². The Kier molecular flexibility index (Phi) is 6.69. The third kappa shape index (κ3) is 4.67. The highest BCUT2D eigenvalue weighted by molar-refractivity contribution is 7.80. The fraction of sp³-hybridized carbons (Fsp3) is 0.179. The van der Waals surface area contributed by atoms with Gasteiger partial charge in [0.05, 0.1) is 31.5 Å². The summed E-state index contributed by atoms with van der Waals surface area (Å²) in [5, 5.41) is 4.08. The molecule has 7 nitrogen and oxygen atoms in total. The molecule has 2 atom stereocenters. The number of methoxy groups -OCH3 is 2. The van der Waals surface area contributed by atoms with Crippen molar-refractivity contribution in [2.75, 3.05) is 14.2 Å². The number of furan rings is 1. The van der Waals surface area contributed by atoms with E-state index in [2.05, 4.69) is 15.2 Å². The first kappa shape index (κ1) is 23.6. The lowest BCUT2D eigenvalue weighted by Gasteiger charge is -2.26. The molecular formula is C28H25N3O4S. The van der Waals surface area contributed by atoms with E-state index in [1.54, 1.807) is 25.4 Å². The number of carbonyl (C=O) groups excluding carboxylic acids is 1. The van der Waals surface area contributed by atoms with Crippen LogP contribution in [-0.2, 0) is 11.3 Å². The second-order valence-electron chi connectivity index (χ2n) is 8.37. The van der Waals surface area contributed by atoms with Gasteiger partial charge in [0.1, 0.15) is 23.3 Å². The molecule has 1 aliphatic heterocycles. The molecule has 4 aromatic rings. The number of carbonyl (C=O) groups is 1. The second-order valence-corrected chi connectivity index (χ2v) is 8.76. The summed E-state index contributed by atoms with van der Waals surface area (Å²) < 4.78 is 16.5. The Labute approximate surface area is 214 Å². The van der Waals surface area contributed by atoms with E-state index in [1.165, 1.54) is 7.11 Å². The lowest BCUT2D eigenvalue weighted by molar-refractivity contribution is 0.0600. The molecule has 0 spiro atoms. The number of nitrogens with one attached hydrogen (secondary N) is 1. The van der Waals surface area contributed by atoms with E-state index in [0.29, 0.717) is 23.0 Å². The van der Waals surface area contributed by atoms with Crippen LogP contribution in [0.15, 0.2) is 89.5 Å². The standard InChI is InChI=1S/C28H25N3O4S/c1-33-21-12-6-18(7-13-21)17-31-26(25(30-28(31)36)22-5-3-4-16-29-22)24-15-14-23(35-24)19-8-10-20(11-9-19)27(32)34-2/h3-16,25-26H,17H2,1-2H3,(H,30,36)/t25-,26-/m1/s1. The summed E-state index contributed by atoms with van der Waals surface area (Å²) >= 11 is 5.77. The minimum Gasteiger partial charge on any atom is -0.497 e. The van der Waals surface area contributed by atoms with Crippen molar-refractivity contribution in [1.29, 1.82) is 0 Å². The third-order valence-electron chi connectivity index (χ3n) is 6.22. The Balaban J connectivity index is 1.48. The Morgan fingerprint density at radius 2 is 1.81 bits per heavy atom. The summed E-state index contributed by atoms with van der Waals surface area (Å²) in [4.78, 5) is 18.5. The summed E-state index contributed by atoms with van der Waals surface area (Å²) in [5.74, 6) is 1.89. The van der Waals surface area contributed by atoms with Crippen molar-refractivity contribution in [3.63, 3.8) is 0 Å². The Bertz CT molecular complexity index is 1350. The number of thiocarbonyl (C=S) groups is 1. The van der Waals surface area contributed by atoms with Crippen LogP contribution in [0.2, 0.25) is 0 Å². The molecule has 8 heteroatoms. The zero-order chi connectivity index (χ0) is 25.1. The molecule has 0 unspecified atom stereocenters. The van der Waals surface area contributed by atoms with Crippen LogP contribution < -0.4 is 10.1 Å². The van der Waals surface area contributed by atoms with Crippen LogP contribution in [0.3, 0.4) is 0 Å². The van der Waals surface area contributed by atoms with Crippen molar-refractivity contribution in [2.45, 2.75) is 18.6 Å². The maximum absolute atomic E-state index is 11.8. The quantitative estimate of drug-likeness (QED) is 0.271. The van der Waals surface area contributed by atoms with Crippen molar-refractivity contribution >= 4 is 23.3 Å². The molecule has 0 bridgehead atoms. The lowest BCUT2D eigenvalue weighted by atomic mass is 10.0. The highest BCUT2D eigenvalue weighted by Gasteiger charge is 2.41. The first-order valence-electron chi connectivity index (χ1n) is 11.5. The first-order chi connectivity index (χ1) is 17.6. The smallest absolute Gasteiger partial charge is 0.337 e. The van der Waals surface area contributed by atoms with Gasteiger partial charge in [-0.2, -0.15) is 0 Å². The number of ether oxygens (including phenoxy) is 2. The second kappa shape index (κ2) is 10.2. The van der Waals surface area contributed by atoms with Gasteiger partial charge in [-0.3, -0.25) is 4.98 Å². The summed E-state index contributed by atoms with van der Waals surface area (Å²) in [6.07, 6.45) is 1.78. The van der Waals surface area contributed by atoms with Gasteiger partial charge in [0.15, 0.2) is 5.11 Å². The molecular weight excluding hydrogens is 474 g/mol. The predicted octanol–water partition coefficient (Wildman–Crippen LogP) is 5.31. The predicted molar refractivity (Wildman–Crippen MR) is 139 cm³/mol. The molecule has 1 aliphatic rings. The van der Waals surface area contributed by atoms with Crippen LogP contribution in [-0.4, -0.2) is 35.2 Å². The number of aromatic nitrogens is 1. The van der Waals surface area contributed by atoms with Gasteiger partial charge in [-0.25, -0.2) is 4.79 Å². The molecule has 2 aromatic heterocycles. The minimum absolute atomic E-state index is 0.183. The molecule has 0 radical (unpaired) electrons. The van der Waals surface area contributed by atoms with Gasteiger partial charge < -0.3 is 24.1 Å². The van der Waals surface area contributed by atoms with Gasteiger partial charge in [-0.05, 0) is 66.3 Å². The molecule has 5 rings (SSSR count). The monoisotopic (exact) mass is 499 g/mol. The summed E-state index contributed by atoms with van der Waals surface area (Å²) in [6, 6.07) is 24.4. The number of benzene rings is 2. The van der Waals surface area contributed by atoms with Gasteiger partial charge in [0, 0.05) is 18.3 Å². The van der Waals surface area contributed by atoms with E-state index in [-0.39, 0.29) is 18.1 Å². The average molecular weight is 500 g/mol. The minimum atomic E-state index is -0.375. The summed E-state index contributed by atoms with van der Waals surface area (Å²) in [6.45, 7) is 0.591. The van der Waals surface area contributed by atoms with Gasteiger partial charge in [-0.15, -0.1) is 0 Å². The largest absolute Gasteiger partial charge is 0.497 e. The molecule has 0 aliphatic carbocycles. The molecule has 0 saturated carbocycles. The van der Waals surface area contributed by atoms with Gasteiger partial charge >= 0.3 is 5.97 Å². The Hall–Kier alpha value is -4.17. The molecule has 2 aromatic carbocycles. The van der Waals surface area contributed by atoms with Crippen molar-refractivity contribution in [1.82, 2.24) is 15.2 Å². The van der Waals surface area contributed by atoms with Crippen molar-refractivity contribution in [2.24, 2.45) is 0 Å². The SMILES string of the molecule is COC(=O)c1ccc(-c2ccc([C@@H]3[C@@H](c4ccccn4)NC(=S)N3Cc3ccc(OC)cc3)o2)cc1. The molecule has 36 heavy (non-hydrogen) atoms. The molecule has 3 heterocycles. The molecule has 182 valence electrons. The fourth-order valence-corrected chi connectivity index (χ4v) is 4.67. The van der Waals surface area contributed by atoms with Crippen LogP contribution in [0.4, 0.5) is 0 Å². The number of hydrogen-bond donors (Lipinski definition) is 1. The van der Waals surface area contributed by atoms with E-state index in [0.717, 1.165) is 28.3 Å². The van der Waals surface area contributed by atoms with Crippen LogP contribution in [0.5, 0.6) is 5.75 Å². The number of nitrogens with zero attached hydrogens (tertiary/aromatic N) is 2. The third-order valence-corrected chi connectivity index (χ3v) is 6.57. The zero-order valence-electron chi connectivity index (χ0n) is 19.9. The Morgan fingerprint density at radius 1 is 1.03 bits per heavy atom. The zero-order valence-corrected chi connectivity index (χ0v) is 20.7. The number of pyridine rings is 1. The lowest BCUT2D eigenvalue weighted by Crippen LogP contribution is -2.29. The highest BCUT2D eigenvalue weighted by Crippen LogP contribution is 2.41. The van der Waals surface area contributed by atoms with E-state index < -0.39 is 0 Å². The Morgan fingerprint density at radius 3 is 2.47 bits per heavy atom. The number of hydrogen-bond acceptors (Lipinski definition) is 6. The molecule has 0 amide bonds. The first-order valence-corrected chi connectivity index (χ1v) is 11.9. The van der Waals surface area contributed by atoms with Gasteiger partial charge in [0.2, 0.25) is 0 Å².